The molecular weight excluding hydrogens is 514 g/mol. The molecule has 41 heavy (non-hydrogen) atoms. The molecule has 0 saturated carbocycles. The van der Waals surface area contributed by atoms with Gasteiger partial charge in [-0.1, -0.05) is 60.1 Å². The van der Waals surface area contributed by atoms with E-state index in [0.717, 1.165) is 25.7 Å². The smallest absolute Gasteiger partial charge is 0.409 e. The van der Waals surface area contributed by atoms with Crippen LogP contribution in [0, 0.1) is 10.8 Å². The van der Waals surface area contributed by atoms with Crippen molar-refractivity contribution in [2.75, 3.05) is 20.2 Å². The normalized spacial score (nSPS) is 16.3. The summed E-state index contributed by atoms with van der Waals surface area (Å²) in [6.07, 6.45) is 8.38. The van der Waals surface area contributed by atoms with E-state index in [9.17, 15) is 14.4 Å². The van der Waals surface area contributed by atoms with Crippen LogP contribution in [-0.2, 0) is 14.3 Å². The topological polar surface area (TPSA) is 87.7 Å². The van der Waals surface area contributed by atoms with Crippen molar-refractivity contribution in [1.82, 2.24) is 15.5 Å². The van der Waals surface area contributed by atoms with Crippen LogP contribution in [0.15, 0.2) is 12.2 Å². The quantitative estimate of drug-likeness (QED) is 0.154. The van der Waals surface area contributed by atoms with Gasteiger partial charge < -0.3 is 20.3 Å². The van der Waals surface area contributed by atoms with Crippen LogP contribution in [-0.4, -0.2) is 64.9 Å². The average molecular weight is 580 g/mol. The fraction of sp³-hybridized carbons (Fsp3) is 0.853. The van der Waals surface area contributed by atoms with Crippen LogP contribution >= 0.6 is 0 Å². The second kappa shape index (κ2) is 15.1. The molecular formula is C34H65N3O4. The maximum Gasteiger partial charge on any atom is 0.409 e. The maximum absolute atomic E-state index is 13.2. The molecule has 2 N–H and O–H groups in total. The Hall–Kier alpha value is -1.73. The Morgan fingerprint density at radius 3 is 1.44 bits per heavy atom. The number of hydrogen-bond acceptors (Lipinski definition) is 6. The lowest BCUT2D eigenvalue weighted by molar-refractivity contribution is -0.134. The summed E-state index contributed by atoms with van der Waals surface area (Å²) in [7, 11) is 1.73. The predicted octanol–water partition coefficient (Wildman–Crippen LogP) is 7.48. The van der Waals surface area contributed by atoms with Gasteiger partial charge in [0.05, 0.1) is 11.1 Å². The van der Waals surface area contributed by atoms with Crippen LogP contribution in [0.3, 0.4) is 0 Å². The number of ether oxygens (including phenoxy) is 1. The average Bonchev–Trinajstić information content (AvgIpc) is 2.75. The highest BCUT2D eigenvalue weighted by atomic mass is 16.6. The van der Waals surface area contributed by atoms with Crippen molar-refractivity contribution in [2.24, 2.45) is 10.8 Å². The van der Waals surface area contributed by atoms with Crippen molar-refractivity contribution in [3.63, 3.8) is 0 Å². The third-order valence-corrected chi connectivity index (χ3v) is 6.92. The molecule has 0 aliphatic heterocycles. The van der Waals surface area contributed by atoms with Crippen molar-refractivity contribution in [3.05, 3.63) is 12.2 Å². The standard InChI is InChI=1S/C34H65N3O4/c1-29(2,3)26(38)33(13,35-31(7,8)9)22-19-17-16-18-20-25-41-28(40)37(15)24-21-23-34(14,36-32(10,11)12)27(39)30(4,5)6/h18,20,35-36H,16-17,19,21-25H2,1-15H3/b20-18+/t33-,34+/m1/s1. The van der Waals surface area contributed by atoms with Gasteiger partial charge in [-0.05, 0) is 87.5 Å². The zero-order valence-electron chi connectivity index (χ0n) is 29.4. The highest BCUT2D eigenvalue weighted by Gasteiger charge is 2.42. The Morgan fingerprint density at radius 2 is 1.05 bits per heavy atom. The van der Waals surface area contributed by atoms with Gasteiger partial charge in [-0.25, -0.2) is 4.79 Å². The molecule has 0 fully saturated rings. The molecule has 0 aliphatic rings. The van der Waals surface area contributed by atoms with Crippen LogP contribution in [0.4, 0.5) is 4.79 Å². The summed E-state index contributed by atoms with van der Waals surface area (Å²) in [6.45, 7) is 29.0. The molecule has 0 aromatic rings. The molecule has 0 unspecified atom stereocenters. The minimum Gasteiger partial charge on any atom is -0.445 e. The lowest BCUT2D eigenvalue weighted by Gasteiger charge is -2.40. The number of allylic oxidation sites excluding steroid dienone is 1. The molecule has 7 nitrogen and oxygen atoms in total. The molecule has 0 aromatic carbocycles. The summed E-state index contributed by atoms with van der Waals surface area (Å²) in [5.74, 6) is 0.411. The van der Waals surface area contributed by atoms with Gasteiger partial charge >= 0.3 is 6.09 Å². The summed E-state index contributed by atoms with van der Waals surface area (Å²) >= 11 is 0. The summed E-state index contributed by atoms with van der Waals surface area (Å²) in [4.78, 5) is 40.4. The molecule has 0 aromatic heterocycles. The number of unbranched alkanes of at least 4 members (excludes halogenated alkanes) is 2. The number of hydrogen-bond donors (Lipinski definition) is 2. The van der Waals surface area contributed by atoms with E-state index in [-0.39, 0.29) is 35.3 Å². The van der Waals surface area contributed by atoms with Crippen molar-refractivity contribution < 1.29 is 19.1 Å². The number of carbonyl (C=O) groups excluding carboxylic acids is 3. The molecule has 0 rings (SSSR count). The first kappa shape index (κ1) is 39.3. The van der Waals surface area contributed by atoms with E-state index in [2.05, 4.69) is 52.2 Å². The number of ketones is 2. The maximum atomic E-state index is 13.2. The molecule has 240 valence electrons. The monoisotopic (exact) mass is 579 g/mol. The van der Waals surface area contributed by atoms with Gasteiger partial charge in [0.2, 0.25) is 0 Å². The first-order valence-corrected chi connectivity index (χ1v) is 15.4. The van der Waals surface area contributed by atoms with E-state index in [4.69, 9.17) is 4.74 Å². The summed E-state index contributed by atoms with van der Waals surface area (Å²) < 4.78 is 5.42. The Balaban J connectivity index is 4.69. The highest BCUT2D eigenvalue weighted by Crippen LogP contribution is 2.30. The molecule has 0 spiro atoms. The summed E-state index contributed by atoms with van der Waals surface area (Å²) in [5, 5.41) is 7.09. The van der Waals surface area contributed by atoms with E-state index < -0.39 is 21.9 Å². The van der Waals surface area contributed by atoms with E-state index in [1.165, 1.54) is 0 Å². The van der Waals surface area contributed by atoms with Gasteiger partial charge in [0.15, 0.2) is 11.6 Å². The van der Waals surface area contributed by atoms with Crippen molar-refractivity contribution >= 4 is 17.7 Å². The van der Waals surface area contributed by atoms with Gasteiger partial charge in [-0.15, -0.1) is 0 Å². The fourth-order valence-corrected chi connectivity index (χ4v) is 5.69. The van der Waals surface area contributed by atoms with Gasteiger partial charge in [-0.2, -0.15) is 0 Å². The first-order chi connectivity index (χ1) is 18.2. The number of nitrogens with one attached hydrogen (secondary N) is 2. The molecule has 0 saturated heterocycles. The van der Waals surface area contributed by atoms with E-state index in [1.54, 1.807) is 11.9 Å². The predicted molar refractivity (Wildman–Crippen MR) is 172 cm³/mol. The number of Topliss-reactive ketones (excluding diaryl/α,β-unsaturated/α-hetero) is 2. The van der Waals surface area contributed by atoms with Crippen LogP contribution in [0.25, 0.3) is 0 Å². The van der Waals surface area contributed by atoms with Gasteiger partial charge in [-0.3, -0.25) is 9.59 Å². The Kier molecular flexibility index (Phi) is 14.5. The van der Waals surface area contributed by atoms with Gasteiger partial charge in [0.1, 0.15) is 6.61 Å². The van der Waals surface area contributed by atoms with Gasteiger partial charge in [0.25, 0.3) is 0 Å². The first-order valence-electron chi connectivity index (χ1n) is 15.4. The van der Waals surface area contributed by atoms with E-state index in [0.29, 0.717) is 19.4 Å². The zero-order chi connectivity index (χ0) is 32.5. The Bertz CT molecular complexity index is 884. The summed E-state index contributed by atoms with van der Waals surface area (Å²) in [5.41, 5.74) is -2.47. The molecule has 2 atom stereocenters. The fourth-order valence-electron chi connectivity index (χ4n) is 5.69. The number of nitrogens with zero attached hydrogens (tertiary/aromatic N) is 1. The molecule has 7 heteroatoms. The Labute approximate surface area is 253 Å². The van der Waals surface area contributed by atoms with Crippen molar-refractivity contribution in [3.8, 4) is 0 Å². The van der Waals surface area contributed by atoms with Crippen LogP contribution in [0.5, 0.6) is 0 Å². The van der Waals surface area contributed by atoms with Crippen LogP contribution < -0.4 is 10.6 Å². The third kappa shape index (κ3) is 15.3. The molecule has 0 heterocycles. The van der Waals surface area contributed by atoms with Gasteiger partial charge in [0, 0.05) is 35.5 Å². The minimum absolute atomic E-state index is 0.153. The second-order valence-electron chi connectivity index (χ2n) is 16.4. The highest BCUT2D eigenvalue weighted by molar-refractivity contribution is 5.93. The number of amides is 1. The minimum atomic E-state index is -0.676. The number of rotatable bonds is 15. The Morgan fingerprint density at radius 1 is 0.634 bits per heavy atom. The molecule has 0 bridgehead atoms. The molecule has 0 aliphatic carbocycles. The SMILES string of the molecule is CN(CCC[C@](C)(NC(C)(C)C)C(=O)C(C)(C)C)C(=O)OC/C=C/CCCC[C@@](C)(NC(C)(C)C)C(=O)C(C)(C)C. The third-order valence-electron chi connectivity index (χ3n) is 6.92. The lowest BCUT2D eigenvalue weighted by atomic mass is 9.75. The van der Waals surface area contributed by atoms with Crippen molar-refractivity contribution in [2.45, 2.75) is 158 Å². The second-order valence-corrected chi connectivity index (χ2v) is 16.4. The van der Waals surface area contributed by atoms with E-state index in [1.807, 2.05) is 67.5 Å². The molecule has 0 radical (unpaired) electrons. The van der Waals surface area contributed by atoms with Crippen molar-refractivity contribution in [1.29, 1.82) is 0 Å². The lowest BCUT2D eigenvalue weighted by Crippen LogP contribution is -2.60. The van der Waals surface area contributed by atoms with E-state index >= 15 is 0 Å². The summed E-state index contributed by atoms with van der Waals surface area (Å²) in [6, 6.07) is 0. The zero-order valence-corrected chi connectivity index (χ0v) is 29.4. The number of carbonyl (C=O) groups is 3. The molecule has 1 amide bonds. The largest absolute Gasteiger partial charge is 0.445 e. The van der Waals surface area contributed by atoms with Crippen LogP contribution in [0.1, 0.15) is 135 Å². The van der Waals surface area contributed by atoms with Crippen LogP contribution in [0.2, 0.25) is 0 Å².